The summed E-state index contributed by atoms with van der Waals surface area (Å²) in [5.74, 6) is 0.101. The van der Waals surface area contributed by atoms with E-state index in [0.29, 0.717) is 17.9 Å². The van der Waals surface area contributed by atoms with Gasteiger partial charge in [-0.15, -0.1) is 0 Å². The third kappa shape index (κ3) is 1.36. The van der Waals surface area contributed by atoms with Crippen molar-refractivity contribution >= 4 is 23.3 Å². The molecule has 2 aliphatic heterocycles. The maximum absolute atomic E-state index is 11.1. The molecule has 1 saturated carbocycles. The molecule has 4 rings (SSSR count). The molecule has 1 saturated heterocycles. The smallest absolute Gasteiger partial charge is 0.269 e. The number of ether oxygens (including phenoxy) is 1. The van der Waals surface area contributed by atoms with Crippen LogP contribution in [0.4, 0.5) is 5.69 Å². The maximum Gasteiger partial charge on any atom is 0.269 e. The number of amidine groups is 1. The van der Waals surface area contributed by atoms with Crippen LogP contribution in [-0.2, 0) is 4.74 Å². The minimum Gasteiger partial charge on any atom is -0.386 e. The number of nitrogens with zero attached hydrogens (tertiary/aromatic N) is 4. The van der Waals surface area contributed by atoms with E-state index in [4.69, 9.17) is 10.5 Å². The first-order valence-corrected chi connectivity index (χ1v) is 8.18. The molecule has 0 bridgehead atoms. The van der Waals surface area contributed by atoms with Gasteiger partial charge in [-0.25, -0.2) is 4.99 Å². The number of fused-ring (bicyclic) bond motifs is 2. The molecule has 8 nitrogen and oxygen atoms in total. The highest BCUT2D eigenvalue weighted by molar-refractivity contribution is 8.00. The second-order valence-corrected chi connectivity index (χ2v) is 7.15. The molecule has 0 aromatic heterocycles. The van der Waals surface area contributed by atoms with Gasteiger partial charge in [-0.3, -0.25) is 10.1 Å². The standard InChI is InChI=1S/C15H11N5O3S/c16-7-13-11(9-2-1-3-10(6-9)20(21)22)14(13,8-17)15(19-12(13)18)23-4-5-24-15/h1-3,6,11H,4-5H2,(H2,18,19)/t11-,13-,14-,15-/m1/s1. The van der Waals surface area contributed by atoms with Crippen LogP contribution in [0.15, 0.2) is 29.3 Å². The Labute approximate surface area is 141 Å². The highest BCUT2D eigenvalue weighted by atomic mass is 32.2. The van der Waals surface area contributed by atoms with Crippen molar-refractivity contribution in [2.75, 3.05) is 12.4 Å². The molecule has 24 heavy (non-hydrogen) atoms. The van der Waals surface area contributed by atoms with Crippen LogP contribution in [-0.4, -0.2) is 28.2 Å². The van der Waals surface area contributed by atoms with Crippen molar-refractivity contribution in [3.05, 3.63) is 39.9 Å². The first kappa shape index (κ1) is 14.9. The minimum atomic E-state index is -1.31. The SMILES string of the molecule is N#C[C@@]12[C@H](c3cccc([N+](=O)[O-])c3)[C@]1(C#N)C(N)=N[C@@]21OCCS1. The molecule has 1 aromatic rings. The van der Waals surface area contributed by atoms with Gasteiger partial charge >= 0.3 is 0 Å². The zero-order chi connectivity index (χ0) is 17.2. The Hall–Kier alpha value is -2.62. The van der Waals surface area contributed by atoms with Crippen LogP contribution in [0.25, 0.3) is 0 Å². The molecule has 2 heterocycles. The van der Waals surface area contributed by atoms with Gasteiger partial charge in [0.25, 0.3) is 5.69 Å². The molecule has 9 heteroatoms. The first-order valence-electron chi connectivity index (χ1n) is 7.19. The van der Waals surface area contributed by atoms with E-state index in [1.807, 2.05) is 0 Å². The monoisotopic (exact) mass is 341 g/mol. The van der Waals surface area contributed by atoms with Gasteiger partial charge in [0.1, 0.15) is 11.3 Å². The second kappa shape index (κ2) is 4.47. The van der Waals surface area contributed by atoms with E-state index in [9.17, 15) is 20.6 Å². The Kier molecular flexibility index (Phi) is 2.78. The van der Waals surface area contributed by atoms with Gasteiger partial charge in [0.2, 0.25) is 5.06 Å². The van der Waals surface area contributed by atoms with Gasteiger partial charge in [0.15, 0.2) is 5.41 Å². The minimum absolute atomic E-state index is 0.0671. The zero-order valence-corrected chi connectivity index (χ0v) is 13.1. The molecule has 2 fully saturated rings. The summed E-state index contributed by atoms with van der Waals surface area (Å²) in [6, 6.07) is 10.4. The molecule has 0 amide bonds. The van der Waals surface area contributed by atoms with E-state index in [1.54, 1.807) is 12.1 Å². The first-order chi connectivity index (χ1) is 11.5. The predicted octanol–water partition coefficient (Wildman–Crippen LogP) is 1.50. The Morgan fingerprint density at radius 3 is 2.83 bits per heavy atom. The van der Waals surface area contributed by atoms with E-state index in [1.165, 1.54) is 23.9 Å². The van der Waals surface area contributed by atoms with Crippen molar-refractivity contribution in [1.29, 1.82) is 10.5 Å². The van der Waals surface area contributed by atoms with Gasteiger partial charge in [-0.2, -0.15) is 10.5 Å². The van der Waals surface area contributed by atoms with Crippen molar-refractivity contribution in [1.82, 2.24) is 0 Å². The molecule has 0 unspecified atom stereocenters. The van der Waals surface area contributed by atoms with Crippen LogP contribution in [0.5, 0.6) is 0 Å². The van der Waals surface area contributed by atoms with Crippen LogP contribution in [0, 0.1) is 43.6 Å². The molecule has 2 N–H and O–H groups in total. The van der Waals surface area contributed by atoms with Gasteiger partial charge in [-0.1, -0.05) is 23.9 Å². The van der Waals surface area contributed by atoms with E-state index in [0.717, 1.165) is 0 Å². The number of hydrogen-bond acceptors (Lipinski definition) is 8. The average molecular weight is 341 g/mol. The van der Waals surface area contributed by atoms with Crippen molar-refractivity contribution in [3.63, 3.8) is 0 Å². The Balaban J connectivity index is 1.91. The summed E-state index contributed by atoms with van der Waals surface area (Å²) < 4.78 is 5.76. The number of benzene rings is 1. The zero-order valence-electron chi connectivity index (χ0n) is 12.3. The van der Waals surface area contributed by atoms with Gasteiger partial charge in [-0.05, 0) is 5.56 Å². The van der Waals surface area contributed by atoms with E-state index >= 15 is 0 Å². The lowest BCUT2D eigenvalue weighted by atomic mass is 9.95. The molecule has 4 atom stereocenters. The summed E-state index contributed by atoms with van der Waals surface area (Å²) >= 11 is 1.35. The lowest BCUT2D eigenvalue weighted by molar-refractivity contribution is -0.384. The summed E-state index contributed by atoms with van der Waals surface area (Å²) in [5, 5.41) is 29.6. The van der Waals surface area contributed by atoms with Crippen molar-refractivity contribution in [2.45, 2.75) is 11.0 Å². The van der Waals surface area contributed by atoms with Gasteiger partial charge < -0.3 is 10.5 Å². The number of nitro benzene ring substituents is 1. The maximum atomic E-state index is 11.1. The van der Waals surface area contributed by atoms with Crippen LogP contribution < -0.4 is 5.73 Å². The molecular formula is C15H11N5O3S. The van der Waals surface area contributed by atoms with E-state index in [2.05, 4.69) is 17.1 Å². The van der Waals surface area contributed by atoms with Crippen LogP contribution in [0.1, 0.15) is 11.5 Å². The number of aliphatic imine (C=N–C) groups is 1. The lowest BCUT2D eigenvalue weighted by Crippen LogP contribution is -2.34. The fourth-order valence-electron chi connectivity index (χ4n) is 4.04. The molecule has 1 spiro atoms. The van der Waals surface area contributed by atoms with Crippen LogP contribution >= 0.6 is 11.8 Å². The largest absolute Gasteiger partial charge is 0.386 e. The molecule has 120 valence electrons. The molecule has 0 radical (unpaired) electrons. The topological polar surface area (TPSA) is 138 Å². The third-order valence-corrected chi connectivity index (χ3v) is 6.31. The molecular weight excluding hydrogens is 330 g/mol. The van der Waals surface area contributed by atoms with Gasteiger partial charge in [0.05, 0.1) is 23.7 Å². The quantitative estimate of drug-likeness (QED) is 0.635. The summed E-state index contributed by atoms with van der Waals surface area (Å²) in [6.07, 6.45) is 0. The van der Waals surface area contributed by atoms with Crippen LogP contribution in [0.2, 0.25) is 0 Å². The number of nitrogens with two attached hydrogens (primary N) is 1. The van der Waals surface area contributed by atoms with Crippen molar-refractivity contribution in [3.8, 4) is 12.1 Å². The molecule has 1 aromatic carbocycles. The number of hydrogen-bond donors (Lipinski definition) is 1. The van der Waals surface area contributed by atoms with Crippen molar-refractivity contribution in [2.24, 2.45) is 21.6 Å². The molecule has 1 aliphatic carbocycles. The number of nitriles is 2. The fraction of sp³-hybridized carbons (Fsp3) is 0.400. The Morgan fingerprint density at radius 2 is 2.25 bits per heavy atom. The highest BCUT2D eigenvalue weighted by Gasteiger charge is 2.93. The third-order valence-electron chi connectivity index (χ3n) is 5.02. The Morgan fingerprint density at radius 1 is 1.46 bits per heavy atom. The van der Waals surface area contributed by atoms with Crippen LogP contribution in [0.3, 0.4) is 0 Å². The number of non-ortho nitro benzene ring substituents is 1. The lowest BCUT2D eigenvalue weighted by Gasteiger charge is -2.26. The summed E-state index contributed by atoms with van der Waals surface area (Å²) in [6.45, 7) is 0.411. The van der Waals surface area contributed by atoms with E-state index in [-0.39, 0.29) is 11.5 Å². The van der Waals surface area contributed by atoms with Crippen molar-refractivity contribution < 1.29 is 9.66 Å². The van der Waals surface area contributed by atoms with Gasteiger partial charge in [0, 0.05) is 23.8 Å². The number of thioether (sulfide) groups is 1. The average Bonchev–Trinajstić information content (AvgIpc) is 2.84. The number of rotatable bonds is 2. The van der Waals surface area contributed by atoms with E-state index < -0.39 is 26.7 Å². The highest BCUT2D eigenvalue weighted by Crippen LogP contribution is 2.84. The summed E-state index contributed by atoms with van der Waals surface area (Å²) in [7, 11) is 0. The second-order valence-electron chi connectivity index (χ2n) is 5.90. The molecule has 3 aliphatic rings. The fourth-order valence-corrected chi connectivity index (χ4v) is 5.36. The Bertz CT molecular complexity index is 882. The predicted molar refractivity (Wildman–Crippen MR) is 84.7 cm³/mol. The summed E-state index contributed by atoms with van der Waals surface area (Å²) in [4.78, 5) is 14.9. The normalized spacial score (nSPS) is 38.9. The number of nitro groups is 1. The summed E-state index contributed by atoms with van der Waals surface area (Å²) in [5.41, 5.74) is 3.91.